The zero-order valence-corrected chi connectivity index (χ0v) is 23.0. The Kier molecular flexibility index (Phi) is 8.87. The standard InChI is InChI=1S/C31H31ClN2O7/c32-21-14-12-20(13-15-21)29-28(30(38)33-41-17-19-6-5-7-22(16-19)40-18-27(36)37)23-8-1-2-9-24(23)31(39)34(29)25-10-3-4-11-26(25)35/h1-2,5-9,12-16,25-26,28-29,35H,3-4,10-11,17-18H2,(H,33,38)(H,36,37)/t25-,26-,28+,29-/m0/s1. The van der Waals surface area contributed by atoms with Crippen LogP contribution in [0.1, 0.15) is 64.7 Å². The second kappa shape index (κ2) is 12.7. The van der Waals surface area contributed by atoms with Gasteiger partial charge in [0.1, 0.15) is 5.75 Å². The van der Waals surface area contributed by atoms with Gasteiger partial charge in [-0.15, -0.1) is 0 Å². The van der Waals surface area contributed by atoms with Crippen LogP contribution >= 0.6 is 11.6 Å². The van der Waals surface area contributed by atoms with Crippen LogP contribution in [0, 0.1) is 0 Å². The predicted octanol–water partition coefficient (Wildman–Crippen LogP) is 4.64. The Labute approximate surface area is 242 Å². The summed E-state index contributed by atoms with van der Waals surface area (Å²) in [7, 11) is 0. The quantitative estimate of drug-likeness (QED) is 0.316. The van der Waals surface area contributed by atoms with Gasteiger partial charge < -0.3 is 19.8 Å². The molecule has 0 spiro atoms. The number of nitrogens with zero attached hydrogens (tertiary/aromatic N) is 1. The fourth-order valence-electron chi connectivity index (χ4n) is 5.75. The molecule has 3 N–H and O–H groups in total. The minimum Gasteiger partial charge on any atom is -0.482 e. The van der Waals surface area contributed by atoms with E-state index in [4.69, 9.17) is 26.3 Å². The molecule has 1 aliphatic carbocycles. The number of carboxylic acid groups (broad SMARTS) is 1. The van der Waals surface area contributed by atoms with Crippen LogP contribution in [0.3, 0.4) is 0 Å². The van der Waals surface area contributed by atoms with Crippen LogP contribution in [-0.4, -0.2) is 51.6 Å². The van der Waals surface area contributed by atoms with Gasteiger partial charge >= 0.3 is 5.97 Å². The van der Waals surface area contributed by atoms with Gasteiger partial charge in [0, 0.05) is 10.6 Å². The highest BCUT2D eigenvalue weighted by atomic mass is 35.5. The Hall–Kier alpha value is -3.92. The molecule has 0 saturated heterocycles. The molecule has 3 aromatic carbocycles. The molecule has 0 bridgehead atoms. The summed E-state index contributed by atoms with van der Waals surface area (Å²) in [5, 5.41) is 20.4. The number of rotatable bonds is 9. The van der Waals surface area contributed by atoms with E-state index < -0.39 is 42.6 Å². The SMILES string of the molecule is O=C(O)COc1cccc(CONC(=O)[C@@H]2c3ccccc3C(=O)N([C@H]3CCCC[C@@H]3O)[C@H]2c2ccc(Cl)cc2)c1. The number of halogens is 1. The molecule has 2 amide bonds. The maximum absolute atomic E-state index is 14.0. The van der Waals surface area contributed by atoms with Crippen LogP contribution < -0.4 is 10.2 Å². The fraction of sp³-hybridized carbons (Fsp3) is 0.323. The molecule has 1 aliphatic heterocycles. The number of hydroxylamine groups is 1. The first kappa shape index (κ1) is 28.6. The van der Waals surface area contributed by atoms with Crippen LogP contribution in [0.25, 0.3) is 0 Å². The summed E-state index contributed by atoms with van der Waals surface area (Å²) in [6, 6.07) is 19.7. The maximum Gasteiger partial charge on any atom is 0.341 e. The summed E-state index contributed by atoms with van der Waals surface area (Å²) in [4.78, 5) is 46.0. The third-order valence-corrected chi connectivity index (χ3v) is 7.85. The van der Waals surface area contributed by atoms with E-state index in [-0.39, 0.29) is 12.5 Å². The van der Waals surface area contributed by atoms with Crippen molar-refractivity contribution >= 4 is 29.4 Å². The molecule has 3 aromatic rings. The normalized spacial score (nSPS) is 22.1. The van der Waals surface area contributed by atoms with E-state index >= 15 is 0 Å². The average Bonchev–Trinajstić information content (AvgIpc) is 2.97. The number of hydrogen-bond donors (Lipinski definition) is 3. The highest BCUT2D eigenvalue weighted by Gasteiger charge is 2.48. The number of benzene rings is 3. The number of fused-ring (bicyclic) bond motifs is 1. The van der Waals surface area contributed by atoms with E-state index in [0.29, 0.717) is 40.3 Å². The molecule has 1 heterocycles. The smallest absolute Gasteiger partial charge is 0.341 e. The molecule has 214 valence electrons. The van der Waals surface area contributed by atoms with Gasteiger partial charge in [0.2, 0.25) is 0 Å². The monoisotopic (exact) mass is 578 g/mol. The number of aliphatic carboxylic acids is 1. The van der Waals surface area contributed by atoms with Gasteiger partial charge in [0.15, 0.2) is 6.61 Å². The Morgan fingerprint density at radius 1 is 1.00 bits per heavy atom. The number of carboxylic acids is 1. The van der Waals surface area contributed by atoms with Crippen molar-refractivity contribution in [3.05, 3.63) is 100 Å². The highest BCUT2D eigenvalue weighted by Crippen LogP contribution is 2.46. The van der Waals surface area contributed by atoms with E-state index in [1.54, 1.807) is 77.7 Å². The molecular formula is C31H31ClN2O7. The second-order valence-corrected chi connectivity index (χ2v) is 10.7. The van der Waals surface area contributed by atoms with Crippen LogP contribution in [0.4, 0.5) is 0 Å². The Morgan fingerprint density at radius 3 is 2.51 bits per heavy atom. The van der Waals surface area contributed by atoms with Crippen LogP contribution in [0.2, 0.25) is 5.02 Å². The largest absolute Gasteiger partial charge is 0.482 e. The minimum atomic E-state index is -1.09. The van der Waals surface area contributed by atoms with Gasteiger partial charge in [-0.3, -0.25) is 14.4 Å². The summed E-state index contributed by atoms with van der Waals surface area (Å²) in [6.07, 6.45) is 2.25. The first-order valence-electron chi connectivity index (χ1n) is 13.5. The third-order valence-electron chi connectivity index (χ3n) is 7.59. The van der Waals surface area contributed by atoms with Crippen molar-refractivity contribution in [2.75, 3.05) is 6.61 Å². The Balaban J connectivity index is 1.44. The molecule has 9 nitrogen and oxygen atoms in total. The number of aliphatic hydroxyl groups excluding tert-OH is 1. The number of ether oxygens (including phenoxy) is 1. The lowest BCUT2D eigenvalue weighted by molar-refractivity contribution is -0.140. The van der Waals surface area contributed by atoms with Crippen molar-refractivity contribution in [2.24, 2.45) is 0 Å². The summed E-state index contributed by atoms with van der Waals surface area (Å²) in [5.74, 6) is -2.23. The maximum atomic E-state index is 14.0. The van der Waals surface area contributed by atoms with Gasteiger partial charge in [0.05, 0.1) is 30.7 Å². The Bertz CT molecular complexity index is 1410. The molecule has 41 heavy (non-hydrogen) atoms. The van der Waals surface area contributed by atoms with Crippen molar-refractivity contribution in [1.82, 2.24) is 10.4 Å². The predicted molar refractivity (Wildman–Crippen MR) is 150 cm³/mol. The summed E-state index contributed by atoms with van der Waals surface area (Å²) < 4.78 is 5.22. The molecule has 0 radical (unpaired) electrons. The molecule has 0 unspecified atom stereocenters. The van der Waals surface area contributed by atoms with E-state index in [9.17, 15) is 19.5 Å². The molecule has 0 aromatic heterocycles. The first-order chi connectivity index (χ1) is 19.8. The summed E-state index contributed by atoms with van der Waals surface area (Å²) in [6.45, 7) is -0.473. The van der Waals surface area contributed by atoms with Gasteiger partial charge in [-0.25, -0.2) is 10.3 Å². The van der Waals surface area contributed by atoms with E-state index in [0.717, 1.165) is 18.4 Å². The minimum absolute atomic E-state index is 0.0000260. The zero-order chi connectivity index (χ0) is 28.9. The topological polar surface area (TPSA) is 125 Å². The Morgan fingerprint density at radius 2 is 1.76 bits per heavy atom. The van der Waals surface area contributed by atoms with E-state index in [2.05, 4.69) is 5.48 Å². The van der Waals surface area contributed by atoms with Gasteiger partial charge in [-0.05, 0) is 59.9 Å². The number of nitrogens with one attached hydrogen (secondary N) is 1. The number of carbonyl (C=O) groups is 3. The molecule has 10 heteroatoms. The van der Waals surface area contributed by atoms with Crippen molar-refractivity contribution < 1.29 is 34.2 Å². The van der Waals surface area contributed by atoms with Crippen molar-refractivity contribution in [3.63, 3.8) is 0 Å². The van der Waals surface area contributed by atoms with E-state index in [1.807, 2.05) is 0 Å². The van der Waals surface area contributed by atoms with E-state index in [1.165, 1.54) is 0 Å². The van der Waals surface area contributed by atoms with Crippen molar-refractivity contribution in [3.8, 4) is 5.75 Å². The molecule has 5 rings (SSSR count). The van der Waals surface area contributed by atoms with Crippen molar-refractivity contribution in [1.29, 1.82) is 0 Å². The molecule has 1 saturated carbocycles. The molecule has 2 aliphatic rings. The lowest BCUT2D eigenvalue weighted by atomic mass is 9.77. The first-order valence-corrected chi connectivity index (χ1v) is 13.9. The van der Waals surface area contributed by atoms with Crippen LogP contribution in [0.5, 0.6) is 5.75 Å². The van der Waals surface area contributed by atoms with Gasteiger partial charge in [-0.1, -0.05) is 66.9 Å². The van der Waals surface area contributed by atoms with Crippen molar-refractivity contribution in [2.45, 2.75) is 56.4 Å². The third kappa shape index (κ3) is 6.37. The number of hydrogen-bond acceptors (Lipinski definition) is 6. The highest BCUT2D eigenvalue weighted by molar-refractivity contribution is 6.30. The molecule has 4 atom stereocenters. The molecular weight excluding hydrogens is 548 g/mol. The lowest BCUT2D eigenvalue weighted by Crippen LogP contribution is -2.55. The fourth-order valence-corrected chi connectivity index (χ4v) is 5.88. The number of carbonyl (C=O) groups excluding carboxylic acids is 2. The second-order valence-electron chi connectivity index (χ2n) is 10.3. The zero-order valence-electron chi connectivity index (χ0n) is 22.2. The van der Waals surface area contributed by atoms with Crippen LogP contribution in [-0.2, 0) is 21.0 Å². The van der Waals surface area contributed by atoms with Gasteiger partial charge in [-0.2, -0.15) is 0 Å². The van der Waals surface area contributed by atoms with Crippen LogP contribution in [0.15, 0.2) is 72.8 Å². The molecule has 1 fully saturated rings. The number of aliphatic hydroxyl groups is 1. The van der Waals surface area contributed by atoms with Gasteiger partial charge in [0.25, 0.3) is 11.8 Å². The number of amides is 2. The summed E-state index contributed by atoms with van der Waals surface area (Å²) >= 11 is 6.18. The summed E-state index contributed by atoms with van der Waals surface area (Å²) in [5.41, 5.74) is 4.94. The average molecular weight is 579 g/mol. The lowest BCUT2D eigenvalue weighted by Gasteiger charge is -2.48.